The average molecular weight is 266 g/mol. The van der Waals surface area contributed by atoms with Gasteiger partial charge in [-0.2, -0.15) is 0 Å². The first-order valence-corrected chi connectivity index (χ1v) is 4.94. The van der Waals surface area contributed by atoms with E-state index in [9.17, 15) is 5.11 Å². The second kappa shape index (κ2) is 4.37. The summed E-state index contributed by atoms with van der Waals surface area (Å²) in [4.78, 5) is 3.86. The number of rotatable bonds is 2. The molecule has 3 N–H and O–H groups in total. The standard InChI is InChI=1S/C8H10BrClN2O/c1-4(13)7(11)5-2-3-12-8(10)6(5)9/h2-4,7,13H,11H2,1H3. The molecule has 0 aliphatic rings. The molecule has 0 fully saturated rings. The third kappa shape index (κ3) is 2.40. The van der Waals surface area contributed by atoms with Gasteiger partial charge >= 0.3 is 0 Å². The number of aliphatic hydroxyl groups excluding tert-OH is 1. The van der Waals surface area contributed by atoms with E-state index in [-0.39, 0.29) is 0 Å². The molecule has 1 rings (SSSR count). The van der Waals surface area contributed by atoms with Crippen molar-refractivity contribution in [1.29, 1.82) is 0 Å². The van der Waals surface area contributed by atoms with Crippen LogP contribution in [0.3, 0.4) is 0 Å². The molecule has 1 aromatic heterocycles. The molecule has 3 nitrogen and oxygen atoms in total. The van der Waals surface area contributed by atoms with Crippen molar-refractivity contribution in [3.8, 4) is 0 Å². The van der Waals surface area contributed by atoms with Crippen LogP contribution in [0.25, 0.3) is 0 Å². The van der Waals surface area contributed by atoms with Crippen molar-refractivity contribution in [1.82, 2.24) is 4.98 Å². The van der Waals surface area contributed by atoms with Crippen molar-refractivity contribution in [3.05, 3.63) is 27.5 Å². The van der Waals surface area contributed by atoms with E-state index in [1.807, 2.05) is 0 Å². The highest BCUT2D eigenvalue weighted by Gasteiger charge is 2.16. The van der Waals surface area contributed by atoms with Gasteiger partial charge in [-0.25, -0.2) is 4.98 Å². The Balaban J connectivity index is 3.07. The fourth-order valence-corrected chi connectivity index (χ4v) is 1.61. The van der Waals surface area contributed by atoms with E-state index >= 15 is 0 Å². The van der Waals surface area contributed by atoms with Crippen molar-refractivity contribution in [2.45, 2.75) is 19.1 Å². The van der Waals surface area contributed by atoms with Crippen molar-refractivity contribution in [3.63, 3.8) is 0 Å². The quantitative estimate of drug-likeness (QED) is 0.803. The number of hydrogen-bond acceptors (Lipinski definition) is 3. The molecule has 0 amide bonds. The van der Waals surface area contributed by atoms with Crippen molar-refractivity contribution < 1.29 is 5.11 Å². The van der Waals surface area contributed by atoms with Gasteiger partial charge in [0.05, 0.1) is 16.6 Å². The van der Waals surface area contributed by atoms with Crippen LogP contribution < -0.4 is 5.73 Å². The number of halogens is 2. The molecule has 2 atom stereocenters. The summed E-state index contributed by atoms with van der Waals surface area (Å²) in [5, 5.41) is 9.64. The van der Waals surface area contributed by atoms with Gasteiger partial charge in [-0.3, -0.25) is 0 Å². The fraction of sp³-hybridized carbons (Fsp3) is 0.375. The van der Waals surface area contributed by atoms with Crippen molar-refractivity contribution in [2.24, 2.45) is 5.73 Å². The normalized spacial score (nSPS) is 15.5. The SMILES string of the molecule is CC(O)C(N)c1ccnc(Cl)c1Br. The average Bonchev–Trinajstić information content (AvgIpc) is 2.08. The van der Waals surface area contributed by atoms with E-state index in [1.54, 1.807) is 19.2 Å². The second-order valence-electron chi connectivity index (χ2n) is 2.77. The van der Waals surface area contributed by atoms with E-state index in [4.69, 9.17) is 17.3 Å². The number of nitrogens with two attached hydrogens (primary N) is 1. The van der Waals surface area contributed by atoms with Crippen LogP contribution in [-0.4, -0.2) is 16.2 Å². The molecular formula is C8H10BrClN2O. The minimum absolute atomic E-state index is 0.355. The summed E-state index contributed by atoms with van der Waals surface area (Å²) in [7, 11) is 0. The van der Waals surface area contributed by atoms with Crippen molar-refractivity contribution >= 4 is 27.5 Å². The monoisotopic (exact) mass is 264 g/mol. The molecule has 0 aliphatic heterocycles. The summed E-state index contributed by atoms with van der Waals surface area (Å²) in [6, 6.07) is 1.28. The van der Waals surface area contributed by atoms with Gasteiger partial charge in [0.1, 0.15) is 5.15 Å². The predicted molar refractivity (Wildman–Crippen MR) is 55.6 cm³/mol. The number of pyridine rings is 1. The fourth-order valence-electron chi connectivity index (χ4n) is 0.949. The molecule has 0 aliphatic carbocycles. The van der Waals surface area contributed by atoms with E-state index in [0.29, 0.717) is 9.63 Å². The first-order chi connectivity index (χ1) is 6.04. The van der Waals surface area contributed by atoms with Gasteiger partial charge in [-0.1, -0.05) is 11.6 Å². The second-order valence-corrected chi connectivity index (χ2v) is 3.92. The number of nitrogens with zero attached hydrogens (tertiary/aromatic N) is 1. The molecule has 72 valence electrons. The van der Waals surface area contributed by atoms with Gasteiger partial charge in [0.2, 0.25) is 0 Å². The minimum Gasteiger partial charge on any atom is -0.391 e. The van der Waals surface area contributed by atoms with Gasteiger partial charge in [0.25, 0.3) is 0 Å². The lowest BCUT2D eigenvalue weighted by molar-refractivity contribution is 0.164. The number of aliphatic hydroxyl groups is 1. The summed E-state index contributed by atoms with van der Waals surface area (Å²) < 4.78 is 0.644. The molecular weight excluding hydrogens is 255 g/mol. The maximum Gasteiger partial charge on any atom is 0.143 e. The zero-order valence-electron chi connectivity index (χ0n) is 7.04. The van der Waals surface area contributed by atoms with Crippen LogP contribution in [0.2, 0.25) is 5.15 Å². The smallest absolute Gasteiger partial charge is 0.143 e. The maximum atomic E-state index is 9.28. The van der Waals surface area contributed by atoms with E-state index in [0.717, 1.165) is 5.56 Å². The summed E-state index contributed by atoms with van der Waals surface area (Å²) in [6.45, 7) is 1.63. The minimum atomic E-state index is -0.616. The first kappa shape index (κ1) is 10.9. The predicted octanol–water partition coefficient (Wildman–Crippen LogP) is 1.88. The highest BCUT2D eigenvalue weighted by Crippen LogP contribution is 2.28. The van der Waals surface area contributed by atoms with Gasteiger partial charge in [-0.05, 0) is 34.5 Å². The van der Waals surface area contributed by atoms with Crippen LogP contribution >= 0.6 is 27.5 Å². The Morgan fingerprint density at radius 1 is 1.69 bits per heavy atom. The van der Waals surface area contributed by atoms with Crippen LogP contribution in [0.1, 0.15) is 18.5 Å². The molecule has 0 radical (unpaired) electrons. The molecule has 0 aromatic carbocycles. The van der Waals surface area contributed by atoms with Crippen LogP contribution in [-0.2, 0) is 0 Å². The largest absolute Gasteiger partial charge is 0.391 e. The Kier molecular flexibility index (Phi) is 3.67. The van der Waals surface area contributed by atoms with Crippen LogP contribution in [0, 0.1) is 0 Å². The summed E-state index contributed by atoms with van der Waals surface area (Å²) in [5.41, 5.74) is 6.50. The third-order valence-corrected chi connectivity index (χ3v) is 3.10. The topological polar surface area (TPSA) is 59.1 Å². The lowest BCUT2D eigenvalue weighted by atomic mass is 10.1. The summed E-state index contributed by atoms with van der Waals surface area (Å²) in [6.07, 6.45) is 0.944. The molecule has 0 bridgehead atoms. The molecule has 1 heterocycles. The van der Waals surface area contributed by atoms with Gasteiger partial charge in [0, 0.05) is 6.20 Å². The Morgan fingerprint density at radius 2 is 2.31 bits per heavy atom. The molecule has 0 spiro atoms. The zero-order chi connectivity index (χ0) is 10.0. The Labute approximate surface area is 90.1 Å². The highest BCUT2D eigenvalue weighted by atomic mass is 79.9. The molecule has 0 saturated carbocycles. The van der Waals surface area contributed by atoms with Crippen molar-refractivity contribution in [2.75, 3.05) is 0 Å². The van der Waals surface area contributed by atoms with Crippen LogP contribution in [0.5, 0.6) is 0 Å². The van der Waals surface area contributed by atoms with Gasteiger partial charge in [-0.15, -0.1) is 0 Å². The number of hydrogen-bond donors (Lipinski definition) is 2. The highest BCUT2D eigenvalue weighted by molar-refractivity contribution is 9.10. The Hall–Kier alpha value is -0.160. The molecule has 0 saturated heterocycles. The lowest BCUT2D eigenvalue weighted by Gasteiger charge is -2.16. The van der Waals surface area contributed by atoms with Crippen LogP contribution in [0.4, 0.5) is 0 Å². The van der Waals surface area contributed by atoms with E-state index in [2.05, 4.69) is 20.9 Å². The zero-order valence-corrected chi connectivity index (χ0v) is 9.38. The molecule has 5 heteroatoms. The Bertz CT molecular complexity index is 306. The summed E-state index contributed by atoms with van der Waals surface area (Å²) >= 11 is 9.03. The van der Waals surface area contributed by atoms with Gasteiger partial charge in [0.15, 0.2) is 0 Å². The van der Waals surface area contributed by atoms with Gasteiger partial charge < -0.3 is 10.8 Å². The first-order valence-electron chi connectivity index (χ1n) is 3.77. The third-order valence-electron chi connectivity index (χ3n) is 1.76. The van der Waals surface area contributed by atoms with E-state index < -0.39 is 12.1 Å². The summed E-state index contributed by atoms with van der Waals surface area (Å²) in [5.74, 6) is 0. The molecule has 2 unspecified atom stereocenters. The number of aromatic nitrogens is 1. The molecule has 1 aromatic rings. The van der Waals surface area contributed by atoms with E-state index in [1.165, 1.54) is 0 Å². The molecule has 13 heavy (non-hydrogen) atoms. The van der Waals surface area contributed by atoms with Crippen LogP contribution in [0.15, 0.2) is 16.7 Å². The lowest BCUT2D eigenvalue weighted by Crippen LogP contribution is -2.23. The maximum absolute atomic E-state index is 9.28. The Morgan fingerprint density at radius 3 is 2.85 bits per heavy atom.